The van der Waals surface area contributed by atoms with Gasteiger partial charge in [0.15, 0.2) is 5.78 Å². The number of carbonyl (C=O) groups is 3. The molecule has 1 aromatic rings. The third-order valence-corrected chi connectivity index (χ3v) is 3.25. The first kappa shape index (κ1) is 12.5. The largest absolute Gasteiger partial charge is 0.468 e. The van der Waals surface area contributed by atoms with E-state index in [1.807, 2.05) is 30.3 Å². The minimum atomic E-state index is -0.852. The van der Waals surface area contributed by atoms with Gasteiger partial charge in [0.1, 0.15) is 11.7 Å². The van der Waals surface area contributed by atoms with Crippen LogP contribution in [0.15, 0.2) is 30.3 Å². The zero-order chi connectivity index (χ0) is 13.1. The lowest BCUT2D eigenvalue weighted by Crippen LogP contribution is -2.37. The molecule has 0 unspecified atom stereocenters. The summed E-state index contributed by atoms with van der Waals surface area (Å²) in [6.07, 6.45) is 0.0542. The van der Waals surface area contributed by atoms with E-state index in [0.29, 0.717) is 0 Å². The third-order valence-electron chi connectivity index (χ3n) is 3.25. The number of benzene rings is 1. The van der Waals surface area contributed by atoms with Crippen molar-refractivity contribution in [3.63, 3.8) is 0 Å². The summed E-state index contributed by atoms with van der Waals surface area (Å²) in [5, 5.41) is 0. The highest BCUT2D eigenvalue weighted by Gasteiger charge is 2.42. The van der Waals surface area contributed by atoms with Crippen molar-refractivity contribution in [1.82, 2.24) is 0 Å². The second-order valence-electron chi connectivity index (χ2n) is 4.40. The molecule has 0 spiro atoms. The van der Waals surface area contributed by atoms with Gasteiger partial charge in [-0.1, -0.05) is 30.3 Å². The molecule has 0 aliphatic heterocycles. The van der Waals surface area contributed by atoms with Gasteiger partial charge in [-0.15, -0.1) is 0 Å². The standard InChI is InChI=1S/C14H14O4/c1-18-14(17)13-11(7-10(15)8-12(13)16)9-5-3-2-4-6-9/h2-6,11,13H,7-8H2,1H3/t11-,13+/m1/s1. The monoisotopic (exact) mass is 246 g/mol. The zero-order valence-corrected chi connectivity index (χ0v) is 10.1. The van der Waals surface area contributed by atoms with Crippen LogP contribution >= 0.6 is 0 Å². The molecule has 2 atom stereocenters. The van der Waals surface area contributed by atoms with Gasteiger partial charge in [-0.25, -0.2) is 0 Å². The predicted octanol–water partition coefficient (Wildman–Crippen LogP) is 1.49. The molecule has 1 saturated carbocycles. The lowest BCUT2D eigenvalue weighted by Gasteiger charge is -2.27. The maximum Gasteiger partial charge on any atom is 0.316 e. The third kappa shape index (κ3) is 2.32. The molecule has 4 nitrogen and oxygen atoms in total. The van der Waals surface area contributed by atoms with E-state index in [-0.39, 0.29) is 24.4 Å². The SMILES string of the molecule is COC(=O)[C@@H]1C(=O)CC(=O)C[C@@H]1c1ccccc1. The molecule has 1 aliphatic rings. The topological polar surface area (TPSA) is 60.4 Å². The van der Waals surface area contributed by atoms with Crippen molar-refractivity contribution in [2.45, 2.75) is 18.8 Å². The van der Waals surface area contributed by atoms with Crippen LogP contribution in [0.4, 0.5) is 0 Å². The van der Waals surface area contributed by atoms with Crippen LogP contribution in [-0.4, -0.2) is 24.6 Å². The summed E-state index contributed by atoms with van der Waals surface area (Å²) in [7, 11) is 1.26. The summed E-state index contributed by atoms with van der Waals surface area (Å²) in [5.74, 6) is -2.26. The molecule has 18 heavy (non-hydrogen) atoms. The van der Waals surface area contributed by atoms with Crippen LogP contribution in [-0.2, 0) is 19.1 Å². The highest BCUT2D eigenvalue weighted by Crippen LogP contribution is 2.34. The van der Waals surface area contributed by atoms with Gasteiger partial charge >= 0.3 is 5.97 Å². The summed E-state index contributed by atoms with van der Waals surface area (Å²) in [5.41, 5.74) is 0.828. The summed E-state index contributed by atoms with van der Waals surface area (Å²) in [6, 6.07) is 9.16. The van der Waals surface area contributed by atoms with Crippen LogP contribution in [0.25, 0.3) is 0 Å². The minimum Gasteiger partial charge on any atom is -0.468 e. The molecule has 0 N–H and O–H groups in total. The Kier molecular flexibility index (Phi) is 3.55. The highest BCUT2D eigenvalue weighted by atomic mass is 16.5. The van der Waals surface area contributed by atoms with Crippen molar-refractivity contribution in [1.29, 1.82) is 0 Å². The van der Waals surface area contributed by atoms with Crippen molar-refractivity contribution in [3.8, 4) is 0 Å². The van der Waals surface area contributed by atoms with Crippen molar-refractivity contribution >= 4 is 17.5 Å². The first-order valence-corrected chi connectivity index (χ1v) is 5.80. The molecular formula is C14H14O4. The Morgan fingerprint density at radius 2 is 1.89 bits per heavy atom. The van der Waals surface area contributed by atoms with E-state index in [0.717, 1.165) is 5.56 Å². The summed E-state index contributed by atoms with van der Waals surface area (Å²) in [6.45, 7) is 0. The van der Waals surface area contributed by atoms with E-state index in [1.165, 1.54) is 7.11 Å². The Labute approximate surface area is 105 Å². The van der Waals surface area contributed by atoms with Gasteiger partial charge in [-0.2, -0.15) is 0 Å². The van der Waals surface area contributed by atoms with E-state index in [9.17, 15) is 14.4 Å². The van der Waals surface area contributed by atoms with Crippen molar-refractivity contribution in [2.24, 2.45) is 5.92 Å². The Morgan fingerprint density at radius 1 is 1.22 bits per heavy atom. The van der Waals surface area contributed by atoms with Crippen LogP contribution < -0.4 is 0 Å². The van der Waals surface area contributed by atoms with Crippen LogP contribution in [0.3, 0.4) is 0 Å². The molecule has 0 saturated heterocycles. The number of methoxy groups -OCH3 is 1. The van der Waals surface area contributed by atoms with Crippen LogP contribution in [0.1, 0.15) is 24.3 Å². The molecule has 2 rings (SSSR count). The van der Waals surface area contributed by atoms with Gasteiger partial charge in [-0.3, -0.25) is 14.4 Å². The molecule has 94 valence electrons. The van der Waals surface area contributed by atoms with Crippen LogP contribution in [0.2, 0.25) is 0 Å². The normalized spacial score (nSPS) is 23.8. The average molecular weight is 246 g/mol. The zero-order valence-electron chi connectivity index (χ0n) is 10.1. The molecule has 0 aromatic heterocycles. The predicted molar refractivity (Wildman–Crippen MR) is 63.9 cm³/mol. The number of esters is 1. The Hall–Kier alpha value is -1.97. The Bertz CT molecular complexity index is 478. The molecule has 0 radical (unpaired) electrons. The number of Topliss-reactive ketones (excluding diaryl/α,β-unsaturated/α-hetero) is 2. The molecule has 4 heteroatoms. The van der Waals surface area contributed by atoms with E-state index in [1.54, 1.807) is 0 Å². The number of ether oxygens (including phenoxy) is 1. The fourth-order valence-electron chi connectivity index (χ4n) is 2.40. The Balaban J connectivity index is 2.36. The fourth-order valence-corrected chi connectivity index (χ4v) is 2.40. The van der Waals surface area contributed by atoms with Crippen molar-refractivity contribution < 1.29 is 19.1 Å². The number of rotatable bonds is 2. The smallest absolute Gasteiger partial charge is 0.316 e. The molecule has 1 fully saturated rings. The molecule has 0 heterocycles. The average Bonchev–Trinajstić information content (AvgIpc) is 2.38. The summed E-state index contributed by atoms with van der Waals surface area (Å²) < 4.78 is 4.68. The van der Waals surface area contributed by atoms with E-state index < -0.39 is 17.8 Å². The Morgan fingerprint density at radius 3 is 2.50 bits per heavy atom. The van der Waals surface area contributed by atoms with Gasteiger partial charge in [0.25, 0.3) is 0 Å². The first-order chi connectivity index (χ1) is 8.63. The number of hydrogen-bond acceptors (Lipinski definition) is 4. The van der Waals surface area contributed by atoms with Gasteiger partial charge in [0, 0.05) is 12.3 Å². The second-order valence-corrected chi connectivity index (χ2v) is 4.40. The lowest BCUT2D eigenvalue weighted by atomic mass is 9.74. The van der Waals surface area contributed by atoms with E-state index in [4.69, 9.17) is 0 Å². The van der Waals surface area contributed by atoms with Crippen molar-refractivity contribution in [2.75, 3.05) is 7.11 Å². The van der Waals surface area contributed by atoms with Gasteiger partial charge in [0.2, 0.25) is 0 Å². The summed E-state index contributed by atoms with van der Waals surface area (Å²) in [4.78, 5) is 35.1. The molecule has 0 bridgehead atoms. The number of hydrogen-bond donors (Lipinski definition) is 0. The number of ketones is 2. The highest BCUT2D eigenvalue weighted by molar-refractivity contribution is 6.11. The number of carbonyl (C=O) groups excluding carboxylic acids is 3. The maximum atomic E-state index is 11.9. The molecule has 1 aromatic carbocycles. The molecule has 1 aliphatic carbocycles. The van der Waals surface area contributed by atoms with Crippen LogP contribution in [0.5, 0.6) is 0 Å². The van der Waals surface area contributed by atoms with Gasteiger partial charge < -0.3 is 4.74 Å². The maximum absolute atomic E-state index is 11.9. The second kappa shape index (κ2) is 5.12. The van der Waals surface area contributed by atoms with Gasteiger partial charge in [0.05, 0.1) is 13.5 Å². The van der Waals surface area contributed by atoms with Gasteiger partial charge in [-0.05, 0) is 5.56 Å². The molecular weight excluding hydrogens is 232 g/mol. The minimum absolute atomic E-state index is 0.117. The molecule has 0 amide bonds. The van der Waals surface area contributed by atoms with Crippen molar-refractivity contribution in [3.05, 3.63) is 35.9 Å². The van der Waals surface area contributed by atoms with E-state index in [2.05, 4.69) is 4.74 Å². The first-order valence-electron chi connectivity index (χ1n) is 5.80. The summed E-state index contributed by atoms with van der Waals surface area (Å²) >= 11 is 0. The lowest BCUT2D eigenvalue weighted by molar-refractivity contribution is -0.152. The van der Waals surface area contributed by atoms with E-state index >= 15 is 0 Å². The van der Waals surface area contributed by atoms with Crippen LogP contribution in [0, 0.1) is 5.92 Å². The quantitative estimate of drug-likeness (QED) is 0.586. The fraction of sp³-hybridized carbons (Fsp3) is 0.357.